The van der Waals surface area contributed by atoms with Crippen LogP contribution < -0.4 is 14.2 Å². The molecule has 0 aliphatic carbocycles. The van der Waals surface area contributed by atoms with Crippen LogP contribution in [0.15, 0.2) is 77.7 Å². The van der Waals surface area contributed by atoms with Crippen molar-refractivity contribution in [3.8, 4) is 11.5 Å². The summed E-state index contributed by atoms with van der Waals surface area (Å²) in [6.45, 7) is 3.99. The van der Waals surface area contributed by atoms with Crippen molar-refractivity contribution in [3.63, 3.8) is 0 Å². The summed E-state index contributed by atoms with van der Waals surface area (Å²) in [4.78, 5) is 14.3. The summed E-state index contributed by atoms with van der Waals surface area (Å²) in [6.07, 6.45) is 0. The Balaban J connectivity index is 1.73. The van der Waals surface area contributed by atoms with Crippen LogP contribution in [0.1, 0.15) is 19.4 Å². The monoisotopic (exact) mass is 472 g/mol. The summed E-state index contributed by atoms with van der Waals surface area (Å²) in [7, 11) is -2.56. The maximum Gasteiger partial charge on any atom is 0.339 e. The third kappa shape index (κ3) is 6.45. The number of carbonyl (C=O) groups excluding carboxylic acids is 1. The molecule has 0 saturated heterocycles. The van der Waals surface area contributed by atoms with Gasteiger partial charge in [0.25, 0.3) is 0 Å². The van der Waals surface area contributed by atoms with Gasteiger partial charge in [-0.15, -0.1) is 0 Å². The zero-order valence-electron chi connectivity index (χ0n) is 18.5. The molecule has 0 aromatic heterocycles. The molecule has 0 fully saturated rings. The number of nitrogens with one attached hydrogen (secondary N) is 1. The van der Waals surface area contributed by atoms with Crippen molar-refractivity contribution in [2.45, 2.75) is 31.3 Å². The Hall–Kier alpha value is -3.59. The lowest BCUT2D eigenvalue weighted by Gasteiger charge is -2.27. The fourth-order valence-corrected chi connectivity index (χ4v) is 3.95. The SMILES string of the molecule is COc1ccc(NC(=O)N(Cc2cccc(OS(=O)(=O)c3ccc(F)cc3)c2)C(C)C)cc1. The molecule has 0 aliphatic rings. The first-order valence-corrected chi connectivity index (χ1v) is 11.6. The van der Waals surface area contributed by atoms with Crippen LogP contribution in [0.4, 0.5) is 14.9 Å². The molecule has 0 aliphatic heterocycles. The number of anilines is 1. The van der Waals surface area contributed by atoms with Crippen LogP contribution in [0.5, 0.6) is 11.5 Å². The first-order valence-electron chi connectivity index (χ1n) is 10.2. The number of hydrogen-bond donors (Lipinski definition) is 1. The number of methoxy groups -OCH3 is 1. The van der Waals surface area contributed by atoms with Crippen molar-refractivity contribution in [1.82, 2.24) is 4.90 Å². The molecule has 0 saturated carbocycles. The third-order valence-electron chi connectivity index (χ3n) is 4.79. The summed E-state index contributed by atoms with van der Waals surface area (Å²) in [5.41, 5.74) is 1.30. The fraction of sp³-hybridized carbons (Fsp3) is 0.208. The van der Waals surface area contributed by atoms with E-state index in [9.17, 15) is 17.6 Å². The number of rotatable bonds is 8. The molecular weight excluding hydrogens is 447 g/mol. The average molecular weight is 473 g/mol. The number of hydrogen-bond acceptors (Lipinski definition) is 5. The van der Waals surface area contributed by atoms with E-state index in [1.807, 2.05) is 13.8 Å². The van der Waals surface area contributed by atoms with Crippen LogP contribution in [-0.4, -0.2) is 32.5 Å². The van der Waals surface area contributed by atoms with Gasteiger partial charge in [0.15, 0.2) is 0 Å². The summed E-state index contributed by atoms with van der Waals surface area (Å²) >= 11 is 0. The molecule has 0 radical (unpaired) electrons. The number of nitrogens with zero attached hydrogens (tertiary/aromatic N) is 1. The van der Waals surface area contributed by atoms with Crippen LogP contribution in [0, 0.1) is 5.82 Å². The zero-order chi connectivity index (χ0) is 24.0. The molecule has 174 valence electrons. The van der Waals surface area contributed by atoms with Crippen molar-refractivity contribution < 1.29 is 26.5 Å². The van der Waals surface area contributed by atoms with E-state index in [4.69, 9.17) is 8.92 Å². The third-order valence-corrected chi connectivity index (χ3v) is 6.05. The van der Waals surface area contributed by atoms with Crippen molar-refractivity contribution in [2.24, 2.45) is 0 Å². The molecule has 0 bridgehead atoms. The molecule has 3 aromatic rings. The summed E-state index contributed by atoms with van der Waals surface area (Å²) in [6, 6.07) is 17.4. The second kappa shape index (κ2) is 10.4. The molecule has 3 rings (SSSR count). The van der Waals surface area contributed by atoms with Crippen LogP contribution >= 0.6 is 0 Å². The maximum atomic E-state index is 13.1. The van der Waals surface area contributed by atoms with Gasteiger partial charge in [0.2, 0.25) is 0 Å². The molecule has 7 nitrogen and oxygen atoms in total. The van der Waals surface area contributed by atoms with E-state index in [0.717, 1.165) is 24.3 Å². The van der Waals surface area contributed by atoms with Crippen LogP contribution in [0.2, 0.25) is 0 Å². The van der Waals surface area contributed by atoms with Crippen molar-refractivity contribution in [2.75, 3.05) is 12.4 Å². The van der Waals surface area contributed by atoms with Gasteiger partial charge in [0, 0.05) is 18.3 Å². The van der Waals surface area contributed by atoms with Gasteiger partial charge in [-0.3, -0.25) is 0 Å². The molecule has 0 heterocycles. The Kier molecular flexibility index (Phi) is 7.55. The molecule has 0 unspecified atom stereocenters. The quantitative estimate of drug-likeness (QED) is 0.464. The molecule has 2 amide bonds. The Bertz CT molecular complexity index is 1200. The van der Waals surface area contributed by atoms with Gasteiger partial charge in [-0.05, 0) is 80.1 Å². The minimum atomic E-state index is -4.12. The van der Waals surface area contributed by atoms with Gasteiger partial charge in [0.1, 0.15) is 22.2 Å². The molecule has 0 spiro atoms. The number of benzene rings is 3. The highest BCUT2D eigenvalue weighted by molar-refractivity contribution is 7.87. The Morgan fingerprint density at radius 2 is 1.67 bits per heavy atom. The lowest BCUT2D eigenvalue weighted by atomic mass is 10.2. The average Bonchev–Trinajstić information content (AvgIpc) is 2.78. The number of halogens is 1. The van der Waals surface area contributed by atoms with E-state index < -0.39 is 15.9 Å². The number of amides is 2. The van der Waals surface area contributed by atoms with Crippen molar-refractivity contribution >= 4 is 21.8 Å². The van der Waals surface area contributed by atoms with Gasteiger partial charge in [-0.25, -0.2) is 9.18 Å². The topological polar surface area (TPSA) is 84.9 Å². The van der Waals surface area contributed by atoms with Crippen LogP contribution in [0.3, 0.4) is 0 Å². The molecular formula is C24H25FN2O5S. The lowest BCUT2D eigenvalue weighted by molar-refractivity contribution is 0.193. The summed E-state index contributed by atoms with van der Waals surface area (Å²) < 4.78 is 48.4. The van der Waals surface area contributed by atoms with Crippen molar-refractivity contribution in [3.05, 3.63) is 84.2 Å². The highest BCUT2D eigenvalue weighted by atomic mass is 32.2. The number of carbonyl (C=O) groups is 1. The van der Waals surface area contributed by atoms with E-state index in [1.54, 1.807) is 54.5 Å². The standard InChI is InChI=1S/C24H25FN2O5S/c1-17(2)27(24(28)26-20-9-11-21(31-3)12-10-20)16-18-5-4-6-22(15-18)32-33(29,30)23-13-7-19(25)8-14-23/h4-15,17H,16H2,1-3H3,(H,26,28). The second-order valence-corrected chi connectivity index (χ2v) is 9.07. The van der Waals surface area contributed by atoms with E-state index in [-0.39, 0.29) is 29.3 Å². The molecule has 0 atom stereocenters. The predicted molar refractivity (Wildman–Crippen MR) is 123 cm³/mol. The minimum Gasteiger partial charge on any atom is -0.497 e. The molecule has 9 heteroatoms. The number of urea groups is 1. The normalized spacial score (nSPS) is 11.2. The Morgan fingerprint density at radius 3 is 2.27 bits per heavy atom. The first-order chi connectivity index (χ1) is 15.7. The summed E-state index contributed by atoms with van der Waals surface area (Å²) in [5, 5.41) is 2.85. The van der Waals surface area contributed by atoms with E-state index in [1.165, 1.54) is 6.07 Å². The first kappa shape index (κ1) is 24.1. The highest BCUT2D eigenvalue weighted by Crippen LogP contribution is 2.22. The van der Waals surface area contributed by atoms with Crippen LogP contribution in [0.25, 0.3) is 0 Å². The van der Waals surface area contributed by atoms with Crippen LogP contribution in [-0.2, 0) is 16.7 Å². The predicted octanol–water partition coefficient (Wildman–Crippen LogP) is 5.04. The summed E-state index contributed by atoms with van der Waals surface area (Å²) in [5.74, 6) is 0.231. The fourth-order valence-electron chi connectivity index (χ4n) is 3.03. The number of ether oxygens (including phenoxy) is 1. The Morgan fingerprint density at radius 1 is 1.00 bits per heavy atom. The molecule has 33 heavy (non-hydrogen) atoms. The Labute approximate surface area is 192 Å². The van der Waals surface area contributed by atoms with Gasteiger partial charge in [0.05, 0.1) is 7.11 Å². The maximum absolute atomic E-state index is 13.1. The van der Waals surface area contributed by atoms with Gasteiger partial charge in [-0.1, -0.05) is 12.1 Å². The van der Waals surface area contributed by atoms with E-state index in [2.05, 4.69) is 5.32 Å². The van der Waals surface area contributed by atoms with E-state index in [0.29, 0.717) is 17.0 Å². The highest BCUT2D eigenvalue weighted by Gasteiger charge is 2.20. The van der Waals surface area contributed by atoms with Crippen molar-refractivity contribution in [1.29, 1.82) is 0 Å². The minimum absolute atomic E-state index is 0.0936. The zero-order valence-corrected chi connectivity index (χ0v) is 19.3. The molecule has 1 N–H and O–H groups in total. The van der Waals surface area contributed by atoms with Gasteiger partial charge >= 0.3 is 16.1 Å². The lowest BCUT2D eigenvalue weighted by Crippen LogP contribution is -2.39. The van der Waals surface area contributed by atoms with E-state index >= 15 is 0 Å². The van der Waals surface area contributed by atoms with Gasteiger partial charge in [-0.2, -0.15) is 8.42 Å². The second-order valence-electron chi connectivity index (χ2n) is 7.52. The van der Waals surface area contributed by atoms with Gasteiger partial charge < -0.3 is 19.1 Å². The largest absolute Gasteiger partial charge is 0.497 e. The smallest absolute Gasteiger partial charge is 0.339 e. The molecule has 3 aromatic carbocycles.